The lowest BCUT2D eigenvalue weighted by Crippen LogP contribution is -2.10. The van der Waals surface area contributed by atoms with Gasteiger partial charge in [0.1, 0.15) is 5.56 Å². The topological polar surface area (TPSA) is 55.2 Å². The van der Waals surface area contributed by atoms with Gasteiger partial charge < -0.3 is 5.32 Å². The van der Waals surface area contributed by atoms with Crippen LogP contribution < -0.4 is 5.32 Å². The molecule has 0 saturated carbocycles. The summed E-state index contributed by atoms with van der Waals surface area (Å²) in [6.45, 7) is 0.297. The SMILES string of the molecule is C#CCCNc1ccc([N+](=O)[O-])c(C(F)(F)F)c1. The van der Waals surface area contributed by atoms with Crippen LogP contribution in [0.25, 0.3) is 0 Å². The zero-order chi connectivity index (χ0) is 13.8. The summed E-state index contributed by atoms with van der Waals surface area (Å²) in [5, 5.41) is 13.2. The number of nitrogens with zero attached hydrogens (tertiary/aromatic N) is 1. The van der Waals surface area contributed by atoms with Gasteiger partial charge in [-0.15, -0.1) is 12.3 Å². The van der Waals surface area contributed by atoms with Crippen LogP contribution in [-0.2, 0) is 6.18 Å². The van der Waals surface area contributed by atoms with E-state index in [0.29, 0.717) is 19.0 Å². The Labute approximate surface area is 101 Å². The second kappa shape index (κ2) is 5.40. The predicted octanol–water partition coefficient (Wildman–Crippen LogP) is 3.05. The summed E-state index contributed by atoms with van der Waals surface area (Å²) in [4.78, 5) is 9.44. The van der Waals surface area contributed by atoms with E-state index < -0.39 is 22.4 Å². The molecule has 0 atom stereocenters. The van der Waals surface area contributed by atoms with Gasteiger partial charge in [0.05, 0.1) is 4.92 Å². The first-order chi connectivity index (χ1) is 8.36. The molecule has 0 saturated heterocycles. The number of hydrogen-bond acceptors (Lipinski definition) is 3. The maximum absolute atomic E-state index is 12.6. The molecule has 1 aromatic carbocycles. The molecule has 0 aliphatic heterocycles. The Bertz CT molecular complexity index is 492. The summed E-state index contributed by atoms with van der Waals surface area (Å²) in [7, 11) is 0. The van der Waals surface area contributed by atoms with E-state index >= 15 is 0 Å². The minimum absolute atomic E-state index is 0.142. The van der Waals surface area contributed by atoms with Crippen LogP contribution >= 0.6 is 0 Å². The summed E-state index contributed by atoms with van der Waals surface area (Å²) in [6, 6.07) is 2.74. The molecule has 0 unspecified atom stereocenters. The van der Waals surface area contributed by atoms with E-state index in [1.807, 2.05) is 0 Å². The standard InChI is InChI=1S/C11H9F3N2O2/c1-2-3-6-15-8-4-5-10(16(17)18)9(7-8)11(12,13)14/h1,4-5,7,15H,3,6H2. The molecule has 0 radical (unpaired) electrons. The van der Waals surface area contributed by atoms with Crippen LogP contribution in [0.2, 0.25) is 0 Å². The fourth-order valence-electron chi connectivity index (χ4n) is 1.31. The van der Waals surface area contributed by atoms with Gasteiger partial charge in [0.2, 0.25) is 0 Å². The Morgan fingerprint density at radius 1 is 1.44 bits per heavy atom. The number of rotatable bonds is 4. The number of benzene rings is 1. The van der Waals surface area contributed by atoms with Gasteiger partial charge in [-0.2, -0.15) is 13.2 Å². The predicted molar refractivity (Wildman–Crippen MR) is 60.0 cm³/mol. The molecule has 0 spiro atoms. The molecule has 4 nitrogen and oxygen atoms in total. The van der Waals surface area contributed by atoms with Gasteiger partial charge in [-0.3, -0.25) is 10.1 Å². The van der Waals surface area contributed by atoms with Gasteiger partial charge in [0.15, 0.2) is 0 Å². The third kappa shape index (κ3) is 3.38. The summed E-state index contributed by atoms with van der Waals surface area (Å²) >= 11 is 0. The number of nitro groups is 1. The summed E-state index contributed by atoms with van der Waals surface area (Å²) < 4.78 is 37.8. The lowest BCUT2D eigenvalue weighted by molar-refractivity contribution is -0.388. The Balaban J connectivity index is 3.07. The minimum atomic E-state index is -4.77. The summed E-state index contributed by atoms with van der Waals surface area (Å²) in [5.41, 5.74) is -2.11. The molecule has 0 aromatic heterocycles. The second-order valence-corrected chi connectivity index (χ2v) is 3.37. The molecule has 1 N–H and O–H groups in total. The van der Waals surface area contributed by atoms with Crippen molar-refractivity contribution in [2.45, 2.75) is 12.6 Å². The maximum atomic E-state index is 12.6. The number of alkyl halides is 3. The van der Waals surface area contributed by atoms with Gasteiger partial charge in [-0.1, -0.05) is 0 Å². The average molecular weight is 258 g/mol. The van der Waals surface area contributed by atoms with Crippen LogP contribution in [0.4, 0.5) is 24.5 Å². The lowest BCUT2D eigenvalue weighted by atomic mass is 10.1. The van der Waals surface area contributed by atoms with Crippen molar-refractivity contribution in [3.05, 3.63) is 33.9 Å². The van der Waals surface area contributed by atoms with Crippen LogP contribution in [0, 0.1) is 22.5 Å². The first kappa shape index (κ1) is 13.8. The molecule has 0 fully saturated rings. The Hall–Kier alpha value is -2.23. The third-order valence-electron chi connectivity index (χ3n) is 2.10. The molecule has 0 heterocycles. The van der Waals surface area contributed by atoms with E-state index in [1.54, 1.807) is 0 Å². The highest BCUT2D eigenvalue weighted by molar-refractivity contribution is 5.55. The second-order valence-electron chi connectivity index (χ2n) is 3.37. The third-order valence-corrected chi connectivity index (χ3v) is 2.10. The van der Waals surface area contributed by atoms with Crippen LogP contribution in [-0.4, -0.2) is 11.5 Å². The van der Waals surface area contributed by atoms with Crippen molar-refractivity contribution in [2.24, 2.45) is 0 Å². The van der Waals surface area contributed by atoms with Gasteiger partial charge in [-0.05, 0) is 12.1 Å². The van der Waals surface area contributed by atoms with Crippen molar-refractivity contribution in [1.29, 1.82) is 0 Å². The fraction of sp³-hybridized carbons (Fsp3) is 0.273. The van der Waals surface area contributed by atoms with Gasteiger partial charge in [0, 0.05) is 24.7 Å². The van der Waals surface area contributed by atoms with E-state index in [9.17, 15) is 23.3 Å². The van der Waals surface area contributed by atoms with E-state index in [0.717, 1.165) is 6.07 Å². The van der Waals surface area contributed by atoms with E-state index in [4.69, 9.17) is 6.42 Å². The monoisotopic (exact) mass is 258 g/mol. The van der Waals surface area contributed by atoms with Crippen LogP contribution in [0.3, 0.4) is 0 Å². The highest BCUT2D eigenvalue weighted by atomic mass is 19.4. The molecular weight excluding hydrogens is 249 g/mol. The number of anilines is 1. The quantitative estimate of drug-likeness (QED) is 0.391. The number of terminal acetylenes is 1. The van der Waals surface area contributed by atoms with Crippen molar-refractivity contribution < 1.29 is 18.1 Å². The van der Waals surface area contributed by atoms with Crippen molar-refractivity contribution in [2.75, 3.05) is 11.9 Å². The molecule has 7 heteroatoms. The molecule has 0 aliphatic rings. The molecule has 1 rings (SSSR count). The van der Waals surface area contributed by atoms with Gasteiger partial charge in [0.25, 0.3) is 5.69 Å². The molecule has 18 heavy (non-hydrogen) atoms. The Morgan fingerprint density at radius 2 is 2.11 bits per heavy atom. The highest BCUT2D eigenvalue weighted by Gasteiger charge is 2.38. The zero-order valence-electron chi connectivity index (χ0n) is 9.12. The minimum Gasteiger partial charge on any atom is -0.384 e. The van der Waals surface area contributed by atoms with Crippen LogP contribution in [0.5, 0.6) is 0 Å². The number of halogens is 3. The fourth-order valence-corrected chi connectivity index (χ4v) is 1.31. The smallest absolute Gasteiger partial charge is 0.384 e. The molecule has 0 amide bonds. The van der Waals surface area contributed by atoms with Gasteiger partial charge in [-0.25, -0.2) is 0 Å². The van der Waals surface area contributed by atoms with Crippen LogP contribution in [0.1, 0.15) is 12.0 Å². The summed E-state index contributed by atoms with van der Waals surface area (Å²) in [5.74, 6) is 2.32. The van der Waals surface area contributed by atoms with E-state index in [2.05, 4.69) is 11.2 Å². The molecule has 1 aromatic rings. The van der Waals surface area contributed by atoms with Crippen molar-refractivity contribution in [3.8, 4) is 12.3 Å². The van der Waals surface area contributed by atoms with Crippen molar-refractivity contribution in [1.82, 2.24) is 0 Å². The number of hydrogen-bond donors (Lipinski definition) is 1. The van der Waals surface area contributed by atoms with Gasteiger partial charge >= 0.3 is 6.18 Å². The zero-order valence-corrected chi connectivity index (χ0v) is 9.12. The largest absolute Gasteiger partial charge is 0.423 e. The lowest BCUT2D eigenvalue weighted by Gasteiger charge is -2.10. The Morgan fingerprint density at radius 3 is 2.61 bits per heavy atom. The average Bonchev–Trinajstić information content (AvgIpc) is 2.28. The van der Waals surface area contributed by atoms with E-state index in [-0.39, 0.29) is 5.69 Å². The maximum Gasteiger partial charge on any atom is 0.423 e. The molecule has 0 bridgehead atoms. The first-order valence-electron chi connectivity index (χ1n) is 4.89. The summed E-state index contributed by atoms with van der Waals surface area (Å²) in [6.07, 6.45) is 0.570. The van der Waals surface area contributed by atoms with E-state index in [1.165, 1.54) is 6.07 Å². The number of nitrogens with one attached hydrogen (secondary N) is 1. The molecular formula is C11H9F3N2O2. The van der Waals surface area contributed by atoms with Crippen molar-refractivity contribution in [3.63, 3.8) is 0 Å². The first-order valence-corrected chi connectivity index (χ1v) is 4.89. The van der Waals surface area contributed by atoms with Crippen LogP contribution in [0.15, 0.2) is 18.2 Å². The molecule has 96 valence electrons. The number of nitro benzene ring substituents is 1. The highest BCUT2D eigenvalue weighted by Crippen LogP contribution is 2.37. The van der Waals surface area contributed by atoms with Crippen molar-refractivity contribution >= 4 is 11.4 Å². The molecule has 0 aliphatic carbocycles. The Kier molecular flexibility index (Phi) is 4.15. The normalized spacial score (nSPS) is 10.8.